The van der Waals surface area contributed by atoms with Crippen molar-refractivity contribution in [2.45, 2.75) is 13.3 Å². The molecule has 0 radical (unpaired) electrons. The molecule has 11 nitrogen and oxygen atoms in total. The number of nitrogens with zero attached hydrogens (tertiary/aromatic N) is 3. The van der Waals surface area contributed by atoms with Crippen LogP contribution in [0.5, 0.6) is 0 Å². The first-order chi connectivity index (χ1) is 10.6. The third kappa shape index (κ3) is 4.30. The second-order valence-corrected chi connectivity index (χ2v) is 4.41. The van der Waals surface area contributed by atoms with Crippen LogP contribution in [0.4, 0.5) is 17.1 Å². The number of rotatable bonds is 7. The van der Waals surface area contributed by atoms with Gasteiger partial charge >= 0.3 is 17.3 Å². The predicted octanol–water partition coefficient (Wildman–Crippen LogP) is 2.07. The number of benzene rings is 1. The average Bonchev–Trinajstić information content (AvgIpc) is 2.45. The maximum Gasteiger partial charge on any atom is 0.353 e. The number of esters is 1. The standard InChI is InChI=1S/C12H11N3O8/c1-7(2)12(16)23-4-3-8-5-9(13(17)18)6-10(14(19)20)11(8)15(21)22/h5-6H,1,3-4H2,2H3. The maximum absolute atomic E-state index is 11.2. The van der Waals surface area contributed by atoms with E-state index in [1.807, 2.05) is 0 Å². The first-order valence-corrected chi connectivity index (χ1v) is 6.07. The molecule has 23 heavy (non-hydrogen) atoms. The summed E-state index contributed by atoms with van der Waals surface area (Å²) in [5, 5.41) is 32.7. The van der Waals surface area contributed by atoms with Crippen LogP contribution in [-0.2, 0) is 16.0 Å². The van der Waals surface area contributed by atoms with Gasteiger partial charge in [0, 0.05) is 23.6 Å². The molecule has 0 aromatic heterocycles. The van der Waals surface area contributed by atoms with Crippen LogP contribution in [0.15, 0.2) is 24.3 Å². The van der Waals surface area contributed by atoms with Crippen molar-refractivity contribution < 1.29 is 24.3 Å². The molecule has 1 rings (SSSR count). The topological polar surface area (TPSA) is 156 Å². The largest absolute Gasteiger partial charge is 0.462 e. The van der Waals surface area contributed by atoms with Crippen molar-refractivity contribution in [3.63, 3.8) is 0 Å². The molecular weight excluding hydrogens is 314 g/mol. The minimum absolute atomic E-state index is 0.101. The maximum atomic E-state index is 11.2. The van der Waals surface area contributed by atoms with Crippen molar-refractivity contribution in [1.29, 1.82) is 0 Å². The number of ether oxygens (including phenoxy) is 1. The van der Waals surface area contributed by atoms with Gasteiger partial charge in [0.15, 0.2) is 0 Å². The Labute approximate surface area is 128 Å². The SMILES string of the molecule is C=C(C)C(=O)OCCc1cc([N+](=O)[O-])cc([N+](=O)[O-])c1[N+](=O)[O-]. The highest BCUT2D eigenvalue weighted by molar-refractivity contribution is 5.86. The highest BCUT2D eigenvalue weighted by Crippen LogP contribution is 2.35. The molecule has 1 aromatic carbocycles. The molecule has 0 aliphatic carbocycles. The zero-order valence-corrected chi connectivity index (χ0v) is 11.9. The van der Waals surface area contributed by atoms with E-state index >= 15 is 0 Å². The van der Waals surface area contributed by atoms with Gasteiger partial charge in [0.25, 0.3) is 5.69 Å². The number of hydrogen-bond donors (Lipinski definition) is 0. The Kier molecular flexibility index (Phi) is 5.43. The fraction of sp³-hybridized carbons (Fsp3) is 0.250. The van der Waals surface area contributed by atoms with Gasteiger partial charge in [-0.05, 0) is 6.92 Å². The zero-order valence-electron chi connectivity index (χ0n) is 11.9. The molecule has 0 spiro atoms. The van der Waals surface area contributed by atoms with E-state index in [4.69, 9.17) is 4.74 Å². The first kappa shape index (κ1) is 17.7. The summed E-state index contributed by atoms with van der Waals surface area (Å²) in [6.07, 6.45) is -0.294. The fourth-order valence-corrected chi connectivity index (χ4v) is 1.68. The highest BCUT2D eigenvalue weighted by Gasteiger charge is 2.32. The lowest BCUT2D eigenvalue weighted by Crippen LogP contribution is -2.10. The van der Waals surface area contributed by atoms with Crippen LogP contribution in [0.1, 0.15) is 12.5 Å². The van der Waals surface area contributed by atoms with Crippen LogP contribution < -0.4 is 0 Å². The predicted molar refractivity (Wildman–Crippen MR) is 75.9 cm³/mol. The smallest absolute Gasteiger partial charge is 0.353 e. The number of nitro benzene ring substituents is 3. The minimum atomic E-state index is -1.07. The highest BCUT2D eigenvalue weighted by atomic mass is 16.6. The van der Waals surface area contributed by atoms with E-state index in [0.717, 1.165) is 6.07 Å². The number of nitro groups is 3. The van der Waals surface area contributed by atoms with Crippen LogP contribution >= 0.6 is 0 Å². The van der Waals surface area contributed by atoms with Crippen LogP contribution in [0, 0.1) is 30.3 Å². The zero-order chi connectivity index (χ0) is 17.7. The molecule has 11 heteroatoms. The quantitative estimate of drug-likeness (QED) is 0.319. The molecule has 0 bridgehead atoms. The molecule has 0 atom stereocenters. The second kappa shape index (κ2) is 7.06. The Balaban J connectivity index is 3.24. The van der Waals surface area contributed by atoms with Gasteiger partial charge in [0.2, 0.25) is 0 Å². The van der Waals surface area contributed by atoms with Crippen molar-refractivity contribution in [3.05, 3.63) is 60.2 Å². The van der Waals surface area contributed by atoms with Gasteiger partial charge in [-0.2, -0.15) is 0 Å². The van der Waals surface area contributed by atoms with Gasteiger partial charge in [-0.1, -0.05) is 6.58 Å². The molecule has 0 aliphatic rings. The summed E-state index contributed by atoms with van der Waals surface area (Å²) in [7, 11) is 0. The lowest BCUT2D eigenvalue weighted by atomic mass is 10.1. The Hall–Kier alpha value is -3.37. The Bertz CT molecular complexity index is 713. The van der Waals surface area contributed by atoms with E-state index < -0.39 is 37.8 Å². The Morgan fingerprint density at radius 2 is 1.74 bits per heavy atom. The Morgan fingerprint density at radius 1 is 1.13 bits per heavy atom. The number of carbonyl (C=O) groups excluding carboxylic acids is 1. The van der Waals surface area contributed by atoms with Gasteiger partial charge in [-0.3, -0.25) is 30.3 Å². The summed E-state index contributed by atoms with van der Waals surface area (Å²) in [6.45, 7) is 4.39. The summed E-state index contributed by atoms with van der Waals surface area (Å²) >= 11 is 0. The van der Waals surface area contributed by atoms with Gasteiger partial charge < -0.3 is 4.74 Å². The van der Waals surface area contributed by atoms with Crippen molar-refractivity contribution in [2.75, 3.05) is 6.61 Å². The molecule has 0 aliphatic heterocycles. The minimum Gasteiger partial charge on any atom is -0.462 e. The number of carbonyl (C=O) groups is 1. The van der Waals surface area contributed by atoms with Gasteiger partial charge in [-0.15, -0.1) is 0 Å². The van der Waals surface area contributed by atoms with E-state index in [-0.39, 0.29) is 24.2 Å². The van der Waals surface area contributed by atoms with Crippen LogP contribution in [0.2, 0.25) is 0 Å². The molecule has 122 valence electrons. The normalized spacial score (nSPS) is 9.96. The molecule has 0 heterocycles. The third-order valence-electron chi connectivity index (χ3n) is 2.70. The lowest BCUT2D eigenvalue weighted by molar-refractivity contribution is -0.424. The molecule has 0 fully saturated rings. The fourth-order valence-electron chi connectivity index (χ4n) is 1.68. The van der Waals surface area contributed by atoms with E-state index in [1.165, 1.54) is 6.92 Å². The summed E-state index contributed by atoms with van der Waals surface area (Å²) in [5.41, 5.74) is -2.70. The molecular formula is C12H11N3O8. The molecule has 0 N–H and O–H groups in total. The summed E-state index contributed by atoms with van der Waals surface area (Å²) < 4.78 is 4.74. The van der Waals surface area contributed by atoms with Crippen molar-refractivity contribution >= 4 is 23.0 Å². The summed E-state index contributed by atoms with van der Waals surface area (Å²) in [6, 6.07) is 1.36. The molecule has 0 saturated carbocycles. The van der Waals surface area contributed by atoms with Crippen molar-refractivity contribution in [2.24, 2.45) is 0 Å². The van der Waals surface area contributed by atoms with E-state index in [0.29, 0.717) is 6.07 Å². The third-order valence-corrected chi connectivity index (χ3v) is 2.70. The van der Waals surface area contributed by atoms with Gasteiger partial charge in [-0.25, -0.2) is 4.79 Å². The monoisotopic (exact) mass is 325 g/mol. The average molecular weight is 325 g/mol. The van der Waals surface area contributed by atoms with E-state index in [2.05, 4.69) is 6.58 Å². The van der Waals surface area contributed by atoms with Crippen LogP contribution in [0.25, 0.3) is 0 Å². The van der Waals surface area contributed by atoms with E-state index in [9.17, 15) is 35.1 Å². The Morgan fingerprint density at radius 3 is 2.17 bits per heavy atom. The van der Waals surface area contributed by atoms with Crippen molar-refractivity contribution in [1.82, 2.24) is 0 Å². The molecule has 0 amide bonds. The summed E-state index contributed by atoms with van der Waals surface area (Å²) in [4.78, 5) is 41.0. The summed E-state index contributed by atoms with van der Waals surface area (Å²) in [5.74, 6) is -0.743. The number of hydrogen-bond acceptors (Lipinski definition) is 8. The molecule has 0 unspecified atom stereocenters. The molecule has 1 aromatic rings. The first-order valence-electron chi connectivity index (χ1n) is 6.07. The van der Waals surface area contributed by atoms with Gasteiger partial charge in [0.1, 0.15) is 6.07 Å². The molecule has 0 saturated heterocycles. The lowest BCUT2D eigenvalue weighted by Gasteiger charge is -2.06. The second-order valence-electron chi connectivity index (χ2n) is 4.41. The number of non-ortho nitro benzene ring substituents is 1. The van der Waals surface area contributed by atoms with E-state index in [1.54, 1.807) is 0 Å². The van der Waals surface area contributed by atoms with Crippen LogP contribution in [-0.4, -0.2) is 27.3 Å². The van der Waals surface area contributed by atoms with Crippen LogP contribution in [0.3, 0.4) is 0 Å². The van der Waals surface area contributed by atoms with Crippen molar-refractivity contribution in [3.8, 4) is 0 Å². The van der Waals surface area contributed by atoms with Gasteiger partial charge in [0.05, 0.1) is 21.4 Å².